The first-order valence-corrected chi connectivity index (χ1v) is 5.23. The van der Waals surface area contributed by atoms with E-state index in [-0.39, 0.29) is 12.8 Å². The zero-order chi connectivity index (χ0) is 12.8. The van der Waals surface area contributed by atoms with Crippen LogP contribution in [0.3, 0.4) is 0 Å². The van der Waals surface area contributed by atoms with Crippen LogP contribution in [-0.2, 0) is 19.1 Å². The van der Waals surface area contributed by atoms with Crippen molar-refractivity contribution in [2.75, 3.05) is 0 Å². The lowest BCUT2D eigenvalue weighted by Crippen LogP contribution is -2.54. The first-order valence-electron chi connectivity index (χ1n) is 5.23. The molecular weight excluding hydrogens is 232 g/mol. The van der Waals surface area contributed by atoms with Gasteiger partial charge >= 0.3 is 17.9 Å². The summed E-state index contributed by atoms with van der Waals surface area (Å²) in [5, 5.41) is 27.2. The molecule has 2 fully saturated rings. The summed E-state index contributed by atoms with van der Waals surface area (Å²) in [5.74, 6) is -5.63. The normalized spacial score (nSPS) is 39.9. The minimum Gasteiger partial charge on any atom is -0.481 e. The molecular formula is C10H12O7. The molecule has 0 aromatic heterocycles. The molecule has 1 aliphatic carbocycles. The van der Waals surface area contributed by atoms with Gasteiger partial charge in [0.05, 0.1) is 11.5 Å². The molecule has 1 aliphatic heterocycles. The molecule has 94 valence electrons. The largest absolute Gasteiger partial charge is 0.481 e. The molecule has 2 rings (SSSR count). The second-order valence-electron chi connectivity index (χ2n) is 4.54. The number of carboxylic acids is 3. The van der Waals surface area contributed by atoms with Crippen LogP contribution in [0.15, 0.2) is 0 Å². The van der Waals surface area contributed by atoms with E-state index in [0.717, 1.165) is 0 Å². The average Bonchev–Trinajstić information content (AvgIpc) is 2.56. The lowest BCUT2D eigenvalue weighted by Gasteiger charge is -2.38. The van der Waals surface area contributed by atoms with Crippen LogP contribution in [0, 0.1) is 11.3 Å². The van der Waals surface area contributed by atoms with Gasteiger partial charge in [-0.1, -0.05) is 0 Å². The predicted molar refractivity (Wildman–Crippen MR) is 51.3 cm³/mol. The highest BCUT2D eigenvalue weighted by Crippen LogP contribution is 2.52. The lowest BCUT2D eigenvalue weighted by molar-refractivity contribution is -0.193. The van der Waals surface area contributed by atoms with Gasteiger partial charge in [0.15, 0.2) is 6.10 Å². The lowest BCUT2D eigenvalue weighted by atomic mass is 9.70. The highest BCUT2D eigenvalue weighted by molar-refractivity contribution is 5.89. The van der Waals surface area contributed by atoms with Crippen LogP contribution in [0.4, 0.5) is 0 Å². The van der Waals surface area contributed by atoms with Crippen LogP contribution in [0.5, 0.6) is 0 Å². The zero-order valence-electron chi connectivity index (χ0n) is 8.83. The molecule has 1 heterocycles. The number of ether oxygens (including phenoxy) is 1. The van der Waals surface area contributed by atoms with Gasteiger partial charge in [0, 0.05) is 0 Å². The van der Waals surface area contributed by atoms with Crippen molar-refractivity contribution in [3.63, 3.8) is 0 Å². The van der Waals surface area contributed by atoms with Gasteiger partial charge in [0.1, 0.15) is 5.92 Å². The summed E-state index contributed by atoms with van der Waals surface area (Å²) in [6, 6.07) is 0. The van der Waals surface area contributed by atoms with Gasteiger partial charge in [0.2, 0.25) is 0 Å². The van der Waals surface area contributed by atoms with E-state index in [1.807, 2.05) is 0 Å². The molecule has 0 radical (unpaired) electrons. The van der Waals surface area contributed by atoms with Crippen LogP contribution in [0.1, 0.15) is 19.3 Å². The third-order valence-corrected chi connectivity index (χ3v) is 3.68. The van der Waals surface area contributed by atoms with Gasteiger partial charge in [-0.2, -0.15) is 0 Å². The van der Waals surface area contributed by atoms with Gasteiger partial charge < -0.3 is 20.1 Å². The molecule has 2 bridgehead atoms. The van der Waals surface area contributed by atoms with Crippen LogP contribution in [0.2, 0.25) is 0 Å². The second kappa shape index (κ2) is 3.69. The minimum absolute atomic E-state index is 0.0725. The van der Waals surface area contributed by atoms with E-state index in [0.29, 0.717) is 6.42 Å². The third kappa shape index (κ3) is 1.57. The maximum Gasteiger partial charge on any atom is 0.333 e. The first-order chi connectivity index (χ1) is 7.88. The Morgan fingerprint density at radius 2 is 1.76 bits per heavy atom. The molecule has 3 N–H and O–H groups in total. The highest BCUT2D eigenvalue weighted by atomic mass is 16.5. The molecule has 17 heavy (non-hydrogen) atoms. The van der Waals surface area contributed by atoms with E-state index < -0.39 is 41.4 Å². The number of rotatable bonds is 3. The predicted octanol–water partition coefficient (Wildman–Crippen LogP) is -0.206. The number of carbonyl (C=O) groups is 3. The van der Waals surface area contributed by atoms with Crippen LogP contribution in [0.25, 0.3) is 0 Å². The summed E-state index contributed by atoms with van der Waals surface area (Å²) in [6.45, 7) is 0. The van der Waals surface area contributed by atoms with E-state index in [1.165, 1.54) is 0 Å². The van der Waals surface area contributed by atoms with Crippen molar-refractivity contribution in [3.05, 3.63) is 0 Å². The Labute approximate surface area is 96.0 Å². The Balaban J connectivity index is 2.45. The fourth-order valence-electron chi connectivity index (χ4n) is 2.90. The molecule has 0 spiro atoms. The van der Waals surface area contributed by atoms with Crippen molar-refractivity contribution in [3.8, 4) is 0 Å². The van der Waals surface area contributed by atoms with E-state index >= 15 is 0 Å². The van der Waals surface area contributed by atoms with E-state index in [4.69, 9.17) is 14.9 Å². The van der Waals surface area contributed by atoms with Gasteiger partial charge in [-0.15, -0.1) is 0 Å². The quantitative estimate of drug-likeness (QED) is 0.628. The van der Waals surface area contributed by atoms with Crippen molar-refractivity contribution in [1.82, 2.24) is 0 Å². The van der Waals surface area contributed by atoms with Gasteiger partial charge in [-0.05, 0) is 19.3 Å². The van der Waals surface area contributed by atoms with E-state index in [2.05, 4.69) is 0 Å². The molecule has 0 amide bonds. The van der Waals surface area contributed by atoms with Crippen molar-refractivity contribution in [1.29, 1.82) is 0 Å². The van der Waals surface area contributed by atoms with Crippen molar-refractivity contribution in [2.24, 2.45) is 11.3 Å². The summed E-state index contributed by atoms with van der Waals surface area (Å²) >= 11 is 0. The minimum atomic E-state index is -1.58. The van der Waals surface area contributed by atoms with Crippen LogP contribution in [-0.4, -0.2) is 45.4 Å². The average molecular weight is 244 g/mol. The number of carboxylic acid groups (broad SMARTS) is 3. The number of hydrogen-bond donors (Lipinski definition) is 3. The fraction of sp³-hybridized carbons (Fsp3) is 0.700. The van der Waals surface area contributed by atoms with Gasteiger partial charge in [-0.25, -0.2) is 4.79 Å². The maximum atomic E-state index is 11.3. The highest BCUT2D eigenvalue weighted by Gasteiger charge is 2.63. The van der Waals surface area contributed by atoms with Crippen LogP contribution >= 0.6 is 0 Å². The first kappa shape index (κ1) is 11.8. The summed E-state index contributed by atoms with van der Waals surface area (Å²) in [6.07, 6.45) is -1.44. The number of fused-ring (bicyclic) bond motifs is 2. The summed E-state index contributed by atoms with van der Waals surface area (Å²) in [4.78, 5) is 33.4. The smallest absolute Gasteiger partial charge is 0.333 e. The molecule has 1 saturated carbocycles. The van der Waals surface area contributed by atoms with Gasteiger partial charge in [-0.3, -0.25) is 9.59 Å². The number of aliphatic carboxylic acids is 3. The Morgan fingerprint density at radius 3 is 2.24 bits per heavy atom. The monoisotopic (exact) mass is 244 g/mol. The summed E-state index contributed by atoms with van der Waals surface area (Å²) in [7, 11) is 0. The topological polar surface area (TPSA) is 121 Å². The van der Waals surface area contributed by atoms with E-state index in [9.17, 15) is 19.5 Å². The molecule has 4 atom stereocenters. The fourth-order valence-corrected chi connectivity index (χ4v) is 2.90. The molecule has 0 aromatic rings. The Bertz CT molecular complexity index is 390. The second-order valence-corrected chi connectivity index (χ2v) is 4.54. The Morgan fingerprint density at radius 1 is 1.12 bits per heavy atom. The molecule has 1 saturated heterocycles. The number of hydrogen-bond acceptors (Lipinski definition) is 4. The molecule has 0 aromatic carbocycles. The van der Waals surface area contributed by atoms with Gasteiger partial charge in [0.25, 0.3) is 0 Å². The summed E-state index contributed by atoms with van der Waals surface area (Å²) < 4.78 is 5.14. The molecule has 7 heteroatoms. The Hall–Kier alpha value is -1.63. The maximum absolute atomic E-state index is 11.3. The molecule has 4 unspecified atom stereocenters. The van der Waals surface area contributed by atoms with Crippen LogP contribution < -0.4 is 0 Å². The SMILES string of the molecule is O=C(O)C1OC2CCC(C(=O)O)(C2)C1C(=O)O. The molecule has 7 nitrogen and oxygen atoms in total. The standard InChI is InChI=1S/C10H12O7/c11-7(12)5-6(8(13)14)17-4-1-2-10(5,3-4)9(15)16/h4-6H,1-3H2,(H,11,12)(H,13,14)(H,15,16). The molecule has 2 aliphatic rings. The summed E-state index contributed by atoms with van der Waals surface area (Å²) in [5.41, 5.74) is -1.50. The van der Waals surface area contributed by atoms with Crippen molar-refractivity contribution >= 4 is 17.9 Å². The zero-order valence-corrected chi connectivity index (χ0v) is 8.83. The van der Waals surface area contributed by atoms with Crippen molar-refractivity contribution in [2.45, 2.75) is 31.5 Å². The van der Waals surface area contributed by atoms with E-state index in [1.54, 1.807) is 0 Å². The van der Waals surface area contributed by atoms with Crippen molar-refractivity contribution < 1.29 is 34.4 Å². The Kier molecular flexibility index (Phi) is 2.57. The third-order valence-electron chi connectivity index (χ3n) is 3.68.